The third-order valence-corrected chi connectivity index (χ3v) is 8.16. The lowest BCUT2D eigenvalue weighted by molar-refractivity contribution is -0.0801. The highest BCUT2D eigenvalue weighted by Crippen LogP contribution is 2.67. The molecule has 134 valence electrons. The molecular weight excluding hydrogens is 334 g/mol. The molecule has 0 aromatic heterocycles. The van der Waals surface area contributed by atoms with Gasteiger partial charge in [-0.15, -0.1) is 0 Å². The Morgan fingerprint density at radius 1 is 0.885 bits per heavy atom. The van der Waals surface area contributed by atoms with Crippen molar-refractivity contribution in [2.45, 2.75) is 43.9 Å². The first-order valence-corrected chi connectivity index (χ1v) is 10.4. The lowest BCUT2D eigenvalue weighted by Gasteiger charge is -2.65. The molecule has 26 heavy (non-hydrogen) atoms. The van der Waals surface area contributed by atoms with Crippen LogP contribution in [-0.4, -0.2) is 4.99 Å². The molecule has 6 rings (SSSR count). The first kappa shape index (κ1) is 16.5. The standard InChI is InChI=1S/C24H27NS/c25-22(26)24-14-18-12-23(16-24,20-9-5-2-6-10-20)13-19(15-24)21(18)11-17-7-3-1-4-8-17/h1-10,18-19,21H,11-16H2,(H2,25,26). The average Bonchev–Trinajstić information content (AvgIpc) is 2.66. The summed E-state index contributed by atoms with van der Waals surface area (Å²) in [4.78, 5) is 0.783. The number of thiocarbonyl (C=S) groups is 1. The van der Waals surface area contributed by atoms with Crippen LogP contribution in [0.1, 0.15) is 43.2 Å². The summed E-state index contributed by atoms with van der Waals surface area (Å²) in [6.45, 7) is 0. The molecule has 2 aromatic rings. The normalized spacial score (nSPS) is 37.6. The highest BCUT2D eigenvalue weighted by Gasteiger charge is 2.62. The first-order valence-electron chi connectivity index (χ1n) is 10.00. The molecule has 0 amide bonds. The van der Waals surface area contributed by atoms with E-state index in [4.69, 9.17) is 18.0 Å². The molecule has 4 aliphatic carbocycles. The van der Waals surface area contributed by atoms with E-state index in [0.29, 0.717) is 5.41 Å². The van der Waals surface area contributed by atoms with Crippen LogP contribution in [0.3, 0.4) is 0 Å². The van der Waals surface area contributed by atoms with Gasteiger partial charge in [-0.3, -0.25) is 0 Å². The largest absolute Gasteiger partial charge is 0.393 e. The molecule has 4 fully saturated rings. The molecule has 1 nitrogen and oxygen atoms in total. The van der Waals surface area contributed by atoms with Crippen molar-refractivity contribution in [1.82, 2.24) is 0 Å². The van der Waals surface area contributed by atoms with Gasteiger partial charge >= 0.3 is 0 Å². The van der Waals surface area contributed by atoms with Crippen molar-refractivity contribution < 1.29 is 0 Å². The lowest BCUT2D eigenvalue weighted by Crippen LogP contribution is -2.61. The molecular formula is C24H27NS. The molecule has 2 aromatic carbocycles. The molecule has 0 saturated heterocycles. The third kappa shape index (κ3) is 2.45. The topological polar surface area (TPSA) is 26.0 Å². The fourth-order valence-electron chi connectivity index (χ4n) is 6.88. The maximum absolute atomic E-state index is 6.36. The molecule has 2 N–H and O–H groups in total. The molecule has 0 radical (unpaired) electrons. The van der Waals surface area contributed by atoms with E-state index in [-0.39, 0.29) is 5.41 Å². The molecule has 4 aliphatic rings. The smallest absolute Gasteiger partial charge is 0.0790 e. The number of hydrogen-bond donors (Lipinski definition) is 1. The van der Waals surface area contributed by atoms with Gasteiger partial charge in [0.1, 0.15) is 0 Å². The van der Waals surface area contributed by atoms with E-state index in [0.717, 1.165) is 22.7 Å². The van der Waals surface area contributed by atoms with Crippen molar-refractivity contribution in [2.75, 3.05) is 0 Å². The van der Waals surface area contributed by atoms with Crippen LogP contribution in [0, 0.1) is 23.2 Å². The van der Waals surface area contributed by atoms with Gasteiger partial charge < -0.3 is 5.73 Å². The summed E-state index contributed by atoms with van der Waals surface area (Å²) in [5.41, 5.74) is 9.77. The monoisotopic (exact) mass is 361 g/mol. The summed E-state index contributed by atoms with van der Waals surface area (Å²) in [5, 5.41) is 0. The number of benzene rings is 2. The molecule has 2 heteroatoms. The number of rotatable bonds is 4. The van der Waals surface area contributed by atoms with E-state index in [9.17, 15) is 0 Å². The Bertz CT molecular complexity index is 797. The van der Waals surface area contributed by atoms with E-state index >= 15 is 0 Å². The van der Waals surface area contributed by atoms with Crippen LogP contribution in [0.2, 0.25) is 0 Å². The van der Waals surface area contributed by atoms with Crippen molar-refractivity contribution >= 4 is 17.2 Å². The summed E-state index contributed by atoms with van der Waals surface area (Å²) >= 11 is 5.63. The molecule has 2 unspecified atom stereocenters. The minimum atomic E-state index is 0.101. The quantitative estimate of drug-likeness (QED) is 0.750. The highest BCUT2D eigenvalue weighted by molar-refractivity contribution is 7.80. The van der Waals surface area contributed by atoms with Crippen LogP contribution in [0.5, 0.6) is 0 Å². The molecule has 0 heterocycles. The van der Waals surface area contributed by atoms with Crippen LogP contribution in [0.25, 0.3) is 0 Å². The van der Waals surface area contributed by atoms with E-state index in [1.165, 1.54) is 49.7 Å². The summed E-state index contributed by atoms with van der Waals surface area (Å²) in [6.07, 6.45) is 7.44. The second-order valence-corrected chi connectivity index (χ2v) is 9.60. The van der Waals surface area contributed by atoms with Gasteiger partial charge in [-0.05, 0) is 72.8 Å². The van der Waals surface area contributed by atoms with Crippen molar-refractivity contribution in [3.63, 3.8) is 0 Å². The fraction of sp³-hybridized carbons (Fsp3) is 0.458. The van der Waals surface area contributed by atoms with Gasteiger partial charge in [-0.25, -0.2) is 0 Å². The molecule has 4 saturated carbocycles. The SMILES string of the molecule is NC(=S)C12CC3CC(c4ccccc4)(CC(C1)C3Cc1ccccc1)C2. The van der Waals surface area contributed by atoms with Crippen molar-refractivity contribution in [2.24, 2.45) is 28.9 Å². The summed E-state index contributed by atoms with van der Waals surface area (Å²) in [6, 6.07) is 22.3. The van der Waals surface area contributed by atoms with Gasteiger partial charge in [0.15, 0.2) is 0 Å². The second-order valence-electron chi connectivity index (χ2n) is 9.16. The Hall–Kier alpha value is -1.67. The van der Waals surface area contributed by atoms with Crippen LogP contribution in [0.15, 0.2) is 60.7 Å². The zero-order valence-corrected chi connectivity index (χ0v) is 16.1. The lowest BCUT2D eigenvalue weighted by atomic mass is 9.40. The average molecular weight is 362 g/mol. The Morgan fingerprint density at radius 3 is 2.04 bits per heavy atom. The minimum Gasteiger partial charge on any atom is -0.393 e. The maximum Gasteiger partial charge on any atom is 0.0790 e. The van der Waals surface area contributed by atoms with Crippen LogP contribution < -0.4 is 5.73 Å². The van der Waals surface area contributed by atoms with Crippen molar-refractivity contribution in [1.29, 1.82) is 0 Å². The van der Waals surface area contributed by atoms with Gasteiger partial charge in [0.05, 0.1) is 4.99 Å². The summed E-state index contributed by atoms with van der Waals surface area (Å²) in [7, 11) is 0. The third-order valence-electron chi connectivity index (χ3n) is 7.72. The Balaban J connectivity index is 1.52. The van der Waals surface area contributed by atoms with Crippen molar-refractivity contribution in [3.8, 4) is 0 Å². The van der Waals surface area contributed by atoms with E-state index < -0.39 is 0 Å². The minimum absolute atomic E-state index is 0.101. The van der Waals surface area contributed by atoms with Crippen LogP contribution >= 0.6 is 12.2 Å². The predicted octanol–water partition coefficient (Wildman–Crippen LogP) is 5.28. The van der Waals surface area contributed by atoms with Gasteiger partial charge in [0.2, 0.25) is 0 Å². The highest BCUT2D eigenvalue weighted by atomic mass is 32.1. The van der Waals surface area contributed by atoms with E-state index in [1.54, 1.807) is 0 Å². The number of nitrogens with two attached hydrogens (primary N) is 1. The second kappa shape index (κ2) is 5.92. The maximum atomic E-state index is 6.36. The zero-order chi connectivity index (χ0) is 17.8. The fourth-order valence-corrected chi connectivity index (χ4v) is 7.12. The molecule has 0 spiro atoms. The van der Waals surface area contributed by atoms with Crippen molar-refractivity contribution in [3.05, 3.63) is 71.8 Å². The van der Waals surface area contributed by atoms with E-state index in [1.807, 2.05) is 0 Å². The van der Waals surface area contributed by atoms with E-state index in [2.05, 4.69) is 60.7 Å². The van der Waals surface area contributed by atoms with Crippen LogP contribution in [-0.2, 0) is 11.8 Å². The van der Waals surface area contributed by atoms with Crippen LogP contribution in [0.4, 0.5) is 0 Å². The summed E-state index contributed by atoms with van der Waals surface area (Å²) < 4.78 is 0. The summed E-state index contributed by atoms with van der Waals surface area (Å²) in [5.74, 6) is 2.29. The predicted molar refractivity (Wildman–Crippen MR) is 111 cm³/mol. The Morgan fingerprint density at radius 2 is 1.46 bits per heavy atom. The Kier molecular flexibility index (Phi) is 3.76. The Labute approximate surface area is 162 Å². The molecule has 2 atom stereocenters. The van der Waals surface area contributed by atoms with Gasteiger partial charge in [0.25, 0.3) is 0 Å². The number of hydrogen-bond acceptors (Lipinski definition) is 1. The molecule has 0 aliphatic heterocycles. The van der Waals surface area contributed by atoms with Gasteiger partial charge in [-0.2, -0.15) is 0 Å². The van der Waals surface area contributed by atoms with Gasteiger partial charge in [-0.1, -0.05) is 72.9 Å². The first-order chi connectivity index (χ1) is 12.6. The molecule has 4 bridgehead atoms. The van der Waals surface area contributed by atoms with Gasteiger partial charge in [0, 0.05) is 5.41 Å². The zero-order valence-electron chi connectivity index (χ0n) is 15.2.